The maximum Gasteiger partial charge on any atom is 0.291 e. The largest absolute Gasteiger partial charge is 0.459 e. The van der Waals surface area contributed by atoms with Crippen LogP contribution in [0.2, 0.25) is 5.02 Å². The summed E-state index contributed by atoms with van der Waals surface area (Å²) < 4.78 is 6.14. The molecule has 0 atom stereocenters. The van der Waals surface area contributed by atoms with E-state index in [0.29, 0.717) is 10.7 Å². The highest BCUT2D eigenvalue weighted by molar-refractivity contribution is 7.21. The number of furan rings is 1. The van der Waals surface area contributed by atoms with Crippen molar-refractivity contribution in [1.82, 2.24) is 4.98 Å². The van der Waals surface area contributed by atoms with E-state index >= 15 is 0 Å². The van der Waals surface area contributed by atoms with E-state index in [1.54, 1.807) is 23.5 Å². The Morgan fingerprint density at radius 2 is 1.96 bits per heavy atom. The third kappa shape index (κ3) is 2.91. The molecule has 6 heteroatoms. The van der Waals surface area contributed by atoms with Gasteiger partial charge >= 0.3 is 0 Å². The first-order chi connectivity index (χ1) is 11.7. The average molecular weight is 355 g/mol. The fourth-order valence-electron chi connectivity index (χ4n) is 2.32. The number of rotatable bonds is 3. The molecule has 0 aliphatic rings. The van der Waals surface area contributed by atoms with Gasteiger partial charge in [-0.3, -0.25) is 4.79 Å². The van der Waals surface area contributed by atoms with Crippen LogP contribution >= 0.6 is 22.9 Å². The van der Waals surface area contributed by atoms with Crippen LogP contribution in [0.5, 0.6) is 0 Å². The Morgan fingerprint density at radius 1 is 1.12 bits per heavy atom. The van der Waals surface area contributed by atoms with Crippen LogP contribution in [-0.4, -0.2) is 10.9 Å². The van der Waals surface area contributed by atoms with Gasteiger partial charge in [0.25, 0.3) is 5.91 Å². The number of fused-ring (bicyclic) bond motifs is 1. The van der Waals surface area contributed by atoms with Gasteiger partial charge < -0.3 is 9.73 Å². The molecule has 0 radical (unpaired) electrons. The average Bonchev–Trinajstić information content (AvgIpc) is 3.24. The first kappa shape index (κ1) is 14.9. The number of hydrogen-bond donors (Lipinski definition) is 1. The lowest BCUT2D eigenvalue weighted by molar-refractivity contribution is 0.0996. The number of carbonyl (C=O) groups is 1. The summed E-state index contributed by atoms with van der Waals surface area (Å²) in [6.45, 7) is 0. The molecule has 0 aliphatic carbocycles. The van der Waals surface area contributed by atoms with E-state index in [2.05, 4.69) is 10.3 Å². The van der Waals surface area contributed by atoms with Crippen LogP contribution in [-0.2, 0) is 0 Å². The minimum absolute atomic E-state index is 0.273. The standard InChI is InChI=1S/C18H11ClN2O2S/c19-12-5-3-11(4-6-12)18-21-14-10-13(7-8-16(14)24-18)20-17(22)15-2-1-9-23-15/h1-10H,(H,20,22). The Hall–Kier alpha value is -2.63. The molecule has 2 heterocycles. The number of nitrogens with zero attached hydrogens (tertiary/aromatic N) is 1. The van der Waals surface area contributed by atoms with Gasteiger partial charge in [-0.2, -0.15) is 0 Å². The molecule has 0 fully saturated rings. The van der Waals surface area contributed by atoms with Gasteiger partial charge in [0.2, 0.25) is 0 Å². The van der Waals surface area contributed by atoms with Crippen molar-refractivity contribution in [2.24, 2.45) is 0 Å². The monoisotopic (exact) mass is 354 g/mol. The minimum Gasteiger partial charge on any atom is -0.459 e. The summed E-state index contributed by atoms with van der Waals surface area (Å²) in [7, 11) is 0. The van der Waals surface area contributed by atoms with Crippen LogP contribution in [0.1, 0.15) is 10.6 Å². The Balaban J connectivity index is 1.63. The van der Waals surface area contributed by atoms with Gasteiger partial charge in [0.1, 0.15) is 5.01 Å². The van der Waals surface area contributed by atoms with E-state index < -0.39 is 0 Å². The Kier molecular flexibility index (Phi) is 3.80. The van der Waals surface area contributed by atoms with E-state index in [9.17, 15) is 4.79 Å². The summed E-state index contributed by atoms with van der Waals surface area (Å²) in [6.07, 6.45) is 1.47. The molecule has 4 rings (SSSR count). The molecule has 118 valence electrons. The number of amides is 1. The van der Waals surface area contributed by atoms with E-state index in [4.69, 9.17) is 16.0 Å². The molecular weight excluding hydrogens is 344 g/mol. The smallest absolute Gasteiger partial charge is 0.291 e. The molecule has 0 unspecified atom stereocenters. The fourth-order valence-corrected chi connectivity index (χ4v) is 3.40. The van der Waals surface area contributed by atoms with Gasteiger partial charge in [-0.1, -0.05) is 23.7 Å². The predicted molar refractivity (Wildman–Crippen MR) is 96.7 cm³/mol. The molecule has 4 nitrogen and oxygen atoms in total. The third-order valence-electron chi connectivity index (χ3n) is 3.48. The highest BCUT2D eigenvalue weighted by Gasteiger charge is 2.11. The molecule has 0 saturated carbocycles. The van der Waals surface area contributed by atoms with Gasteiger partial charge in [-0.15, -0.1) is 11.3 Å². The van der Waals surface area contributed by atoms with Crippen molar-refractivity contribution in [3.63, 3.8) is 0 Å². The fraction of sp³-hybridized carbons (Fsp3) is 0. The van der Waals surface area contributed by atoms with E-state index in [0.717, 1.165) is 20.8 Å². The molecule has 0 bridgehead atoms. The first-order valence-electron chi connectivity index (χ1n) is 7.20. The molecule has 1 N–H and O–H groups in total. The van der Waals surface area contributed by atoms with Gasteiger partial charge in [-0.25, -0.2) is 4.98 Å². The lowest BCUT2D eigenvalue weighted by Gasteiger charge is -2.02. The Labute approximate surface area is 146 Å². The number of anilines is 1. The number of aromatic nitrogens is 1. The summed E-state index contributed by atoms with van der Waals surface area (Å²) >= 11 is 7.52. The maximum absolute atomic E-state index is 12.0. The highest BCUT2D eigenvalue weighted by atomic mass is 35.5. The molecule has 2 aromatic heterocycles. The third-order valence-corrected chi connectivity index (χ3v) is 4.82. The maximum atomic E-state index is 12.0. The zero-order chi connectivity index (χ0) is 16.5. The molecule has 4 aromatic rings. The van der Waals surface area contributed by atoms with Crippen LogP contribution < -0.4 is 5.32 Å². The number of benzene rings is 2. The van der Waals surface area contributed by atoms with E-state index in [1.807, 2.05) is 42.5 Å². The highest BCUT2D eigenvalue weighted by Crippen LogP contribution is 2.32. The van der Waals surface area contributed by atoms with Gasteiger partial charge in [0.15, 0.2) is 5.76 Å². The van der Waals surface area contributed by atoms with E-state index in [-0.39, 0.29) is 11.7 Å². The molecule has 2 aromatic carbocycles. The van der Waals surface area contributed by atoms with Crippen LogP contribution in [0.15, 0.2) is 65.3 Å². The summed E-state index contributed by atoms with van der Waals surface area (Å²) in [6, 6.07) is 16.5. The zero-order valence-corrected chi connectivity index (χ0v) is 13.9. The van der Waals surface area contributed by atoms with E-state index in [1.165, 1.54) is 6.26 Å². The molecule has 0 aliphatic heterocycles. The molecule has 24 heavy (non-hydrogen) atoms. The Morgan fingerprint density at radius 3 is 2.71 bits per heavy atom. The van der Waals surface area contributed by atoms with Crippen molar-refractivity contribution in [2.75, 3.05) is 5.32 Å². The molecule has 1 amide bonds. The summed E-state index contributed by atoms with van der Waals surface area (Å²) in [5.74, 6) is -0.0114. The topological polar surface area (TPSA) is 55.1 Å². The predicted octanol–water partition coefficient (Wildman–Crippen LogP) is 5.46. The first-order valence-corrected chi connectivity index (χ1v) is 8.40. The zero-order valence-electron chi connectivity index (χ0n) is 12.3. The van der Waals surface area contributed by atoms with Crippen molar-refractivity contribution < 1.29 is 9.21 Å². The van der Waals surface area contributed by atoms with Crippen molar-refractivity contribution >= 4 is 44.7 Å². The van der Waals surface area contributed by atoms with Crippen molar-refractivity contribution in [3.05, 3.63) is 71.6 Å². The second-order valence-corrected chi connectivity index (χ2v) is 6.61. The SMILES string of the molecule is O=C(Nc1ccc2sc(-c3ccc(Cl)cc3)nc2c1)c1ccco1. The second kappa shape index (κ2) is 6.11. The van der Waals surface area contributed by atoms with Crippen LogP contribution in [0.25, 0.3) is 20.8 Å². The number of hydrogen-bond acceptors (Lipinski definition) is 4. The number of thiazole rings is 1. The summed E-state index contributed by atoms with van der Waals surface area (Å²) in [5.41, 5.74) is 2.53. The number of halogens is 1. The van der Waals surface area contributed by atoms with Crippen molar-refractivity contribution in [1.29, 1.82) is 0 Å². The van der Waals surface area contributed by atoms with Gasteiger partial charge in [0, 0.05) is 16.3 Å². The molecule has 0 saturated heterocycles. The van der Waals surface area contributed by atoms with Gasteiger partial charge in [-0.05, 0) is 42.5 Å². The number of nitrogens with one attached hydrogen (secondary N) is 1. The van der Waals surface area contributed by atoms with Crippen LogP contribution in [0.3, 0.4) is 0 Å². The molecular formula is C18H11ClN2O2S. The lowest BCUT2D eigenvalue weighted by atomic mass is 10.2. The summed E-state index contributed by atoms with van der Waals surface area (Å²) in [4.78, 5) is 16.7. The quantitative estimate of drug-likeness (QED) is 0.531. The number of carbonyl (C=O) groups excluding carboxylic acids is 1. The normalized spacial score (nSPS) is 10.9. The molecule has 0 spiro atoms. The van der Waals surface area contributed by atoms with Gasteiger partial charge in [0.05, 0.1) is 16.5 Å². The summed E-state index contributed by atoms with van der Waals surface area (Å²) in [5, 5.41) is 4.42. The van der Waals surface area contributed by atoms with Crippen LogP contribution in [0.4, 0.5) is 5.69 Å². The van der Waals surface area contributed by atoms with Crippen molar-refractivity contribution in [2.45, 2.75) is 0 Å². The van der Waals surface area contributed by atoms with Crippen LogP contribution in [0, 0.1) is 0 Å². The minimum atomic E-state index is -0.285. The Bertz CT molecular complexity index is 1010. The lowest BCUT2D eigenvalue weighted by Crippen LogP contribution is -2.10. The van der Waals surface area contributed by atoms with Crippen molar-refractivity contribution in [3.8, 4) is 10.6 Å². The second-order valence-electron chi connectivity index (χ2n) is 5.14.